The van der Waals surface area contributed by atoms with E-state index in [1.807, 2.05) is 0 Å². The van der Waals surface area contributed by atoms with Crippen molar-refractivity contribution >= 4 is 16.4 Å². The number of aliphatic hydroxyl groups is 1. The largest absolute Gasteiger partial charge is 0.479 e. The Morgan fingerprint density at radius 2 is 2.07 bits per heavy atom. The molecular weight excluding hydrogens is 232 g/mol. The van der Waals surface area contributed by atoms with Crippen molar-refractivity contribution in [1.82, 2.24) is 0 Å². The van der Waals surface area contributed by atoms with Crippen molar-refractivity contribution in [3.8, 4) is 0 Å². The topological polar surface area (TPSA) is 130 Å². The Bertz CT molecular complexity index is 335. The fraction of sp³-hybridized carbons (Fsp3) is 0.833. The van der Waals surface area contributed by atoms with Gasteiger partial charge < -0.3 is 14.9 Å². The third-order valence-corrected chi connectivity index (χ3v) is 2.35. The van der Waals surface area contributed by atoms with Crippen LogP contribution in [0.2, 0.25) is 0 Å². The van der Waals surface area contributed by atoms with Gasteiger partial charge in [0, 0.05) is 6.42 Å². The maximum Gasteiger partial charge on any atom is 0.397 e. The van der Waals surface area contributed by atoms with Crippen LogP contribution < -0.4 is 0 Å². The van der Waals surface area contributed by atoms with Crippen molar-refractivity contribution in [3.63, 3.8) is 0 Å². The first-order valence-electron chi connectivity index (χ1n) is 3.98. The smallest absolute Gasteiger partial charge is 0.397 e. The lowest BCUT2D eigenvalue weighted by molar-refractivity contribution is -0.166. The van der Waals surface area contributed by atoms with Crippen LogP contribution in [-0.2, 0) is 24.1 Å². The number of ether oxygens (including phenoxy) is 1. The third kappa shape index (κ3) is 3.72. The van der Waals surface area contributed by atoms with Crippen LogP contribution in [0.5, 0.6) is 0 Å². The van der Waals surface area contributed by atoms with Crippen LogP contribution in [0.3, 0.4) is 0 Å². The van der Waals surface area contributed by atoms with E-state index in [0.717, 1.165) is 0 Å². The first kappa shape index (κ1) is 12.3. The van der Waals surface area contributed by atoms with Gasteiger partial charge in [-0.25, -0.2) is 8.98 Å². The van der Waals surface area contributed by atoms with E-state index < -0.39 is 34.7 Å². The molecule has 0 amide bonds. The van der Waals surface area contributed by atoms with Crippen molar-refractivity contribution in [2.45, 2.75) is 24.7 Å². The van der Waals surface area contributed by atoms with E-state index in [0.29, 0.717) is 0 Å². The average Bonchev–Trinajstić information content (AvgIpc) is 2.06. The van der Waals surface area contributed by atoms with Gasteiger partial charge in [0.1, 0.15) is 12.2 Å². The molecule has 9 heteroatoms. The summed E-state index contributed by atoms with van der Waals surface area (Å²) in [4.78, 5) is 10.5. The SMILES string of the molecule is O=C(O)C1C[C@H](OS(=O)(=O)O)C(O)CO1. The predicted molar refractivity (Wildman–Crippen MR) is 44.4 cm³/mol. The van der Waals surface area contributed by atoms with Gasteiger partial charge in [-0.3, -0.25) is 4.55 Å². The minimum atomic E-state index is -4.71. The Morgan fingerprint density at radius 1 is 1.47 bits per heavy atom. The minimum Gasteiger partial charge on any atom is -0.479 e. The van der Waals surface area contributed by atoms with Gasteiger partial charge in [0.2, 0.25) is 0 Å². The normalized spacial score (nSPS) is 32.5. The zero-order valence-electron chi connectivity index (χ0n) is 7.44. The van der Waals surface area contributed by atoms with Gasteiger partial charge in [-0.1, -0.05) is 0 Å². The van der Waals surface area contributed by atoms with Crippen LogP contribution in [0.4, 0.5) is 0 Å². The van der Waals surface area contributed by atoms with Crippen LogP contribution in [0.15, 0.2) is 0 Å². The lowest BCUT2D eigenvalue weighted by atomic mass is 10.0. The molecule has 3 N–H and O–H groups in total. The molecule has 0 aromatic heterocycles. The molecule has 15 heavy (non-hydrogen) atoms. The van der Waals surface area contributed by atoms with E-state index in [1.54, 1.807) is 0 Å². The molecular formula is C6H10O8S. The van der Waals surface area contributed by atoms with E-state index in [9.17, 15) is 18.3 Å². The van der Waals surface area contributed by atoms with Gasteiger partial charge in [0.15, 0.2) is 6.10 Å². The van der Waals surface area contributed by atoms with E-state index in [4.69, 9.17) is 14.4 Å². The number of aliphatic carboxylic acids is 1. The maximum atomic E-state index is 10.5. The summed E-state index contributed by atoms with van der Waals surface area (Å²) in [5.74, 6) is -1.29. The fourth-order valence-corrected chi connectivity index (χ4v) is 1.71. The highest BCUT2D eigenvalue weighted by molar-refractivity contribution is 7.80. The summed E-state index contributed by atoms with van der Waals surface area (Å²) >= 11 is 0. The zero-order valence-corrected chi connectivity index (χ0v) is 8.25. The molecule has 0 spiro atoms. The van der Waals surface area contributed by atoms with Crippen LogP contribution in [0.1, 0.15) is 6.42 Å². The number of rotatable bonds is 3. The number of hydrogen-bond donors (Lipinski definition) is 3. The number of carbonyl (C=O) groups is 1. The summed E-state index contributed by atoms with van der Waals surface area (Å²) in [5.41, 5.74) is 0. The van der Waals surface area contributed by atoms with E-state index in [1.165, 1.54) is 0 Å². The molecule has 8 nitrogen and oxygen atoms in total. The molecule has 0 aliphatic carbocycles. The number of hydrogen-bond acceptors (Lipinski definition) is 6. The quantitative estimate of drug-likeness (QED) is 0.505. The second-order valence-electron chi connectivity index (χ2n) is 3.03. The lowest BCUT2D eigenvalue weighted by Crippen LogP contribution is -2.46. The van der Waals surface area contributed by atoms with Gasteiger partial charge >= 0.3 is 16.4 Å². The molecule has 1 saturated heterocycles. The predicted octanol–water partition coefficient (Wildman–Crippen LogP) is -1.59. The summed E-state index contributed by atoms with van der Waals surface area (Å²) in [7, 11) is -4.71. The molecule has 1 aliphatic rings. The molecule has 1 fully saturated rings. The Balaban J connectivity index is 2.66. The lowest BCUT2D eigenvalue weighted by Gasteiger charge is -2.29. The molecule has 2 unspecified atom stereocenters. The van der Waals surface area contributed by atoms with Gasteiger partial charge in [-0.15, -0.1) is 0 Å². The monoisotopic (exact) mass is 242 g/mol. The number of carboxylic acids is 1. The van der Waals surface area contributed by atoms with E-state index >= 15 is 0 Å². The number of aliphatic hydroxyl groups excluding tert-OH is 1. The Kier molecular flexibility index (Phi) is 3.62. The first-order chi connectivity index (χ1) is 6.79. The third-order valence-electron chi connectivity index (χ3n) is 1.86. The zero-order chi connectivity index (χ0) is 11.6. The van der Waals surface area contributed by atoms with Crippen molar-refractivity contribution in [1.29, 1.82) is 0 Å². The molecule has 1 heterocycles. The maximum absolute atomic E-state index is 10.5. The van der Waals surface area contributed by atoms with Crippen molar-refractivity contribution in [3.05, 3.63) is 0 Å². The number of carboxylic acid groups (broad SMARTS) is 1. The summed E-state index contributed by atoms with van der Waals surface area (Å²) < 4.78 is 37.9. The summed E-state index contributed by atoms with van der Waals surface area (Å²) in [6, 6.07) is 0. The molecule has 1 aliphatic heterocycles. The fourth-order valence-electron chi connectivity index (χ4n) is 1.19. The average molecular weight is 242 g/mol. The summed E-state index contributed by atoms with van der Waals surface area (Å²) in [5, 5.41) is 17.8. The summed E-state index contributed by atoms with van der Waals surface area (Å²) in [6.45, 7) is -0.364. The van der Waals surface area contributed by atoms with E-state index in [2.05, 4.69) is 4.18 Å². The van der Waals surface area contributed by atoms with Crippen LogP contribution in [0, 0.1) is 0 Å². The van der Waals surface area contributed by atoms with Gasteiger partial charge in [-0.2, -0.15) is 8.42 Å². The molecule has 0 saturated carbocycles. The van der Waals surface area contributed by atoms with Gasteiger partial charge in [0.05, 0.1) is 6.61 Å². The molecule has 0 radical (unpaired) electrons. The van der Waals surface area contributed by atoms with Crippen molar-refractivity contribution < 1.29 is 36.9 Å². The highest BCUT2D eigenvalue weighted by Gasteiger charge is 2.36. The van der Waals surface area contributed by atoms with Crippen LogP contribution >= 0.6 is 0 Å². The molecule has 0 aromatic carbocycles. The Hall–Kier alpha value is -0.740. The molecule has 88 valence electrons. The molecule has 1 rings (SSSR count). The van der Waals surface area contributed by atoms with Crippen LogP contribution in [0.25, 0.3) is 0 Å². The minimum absolute atomic E-state index is 0.351. The van der Waals surface area contributed by atoms with E-state index in [-0.39, 0.29) is 13.0 Å². The van der Waals surface area contributed by atoms with Crippen molar-refractivity contribution in [2.75, 3.05) is 6.61 Å². The standard InChI is InChI=1S/C6H10O8S/c7-3-2-13-5(6(8)9)1-4(3)14-15(10,11)12/h3-5,7H,1-2H2,(H,8,9)(H,10,11,12)/t3?,4-,5?/m0/s1. The second-order valence-corrected chi connectivity index (χ2v) is 4.07. The Labute approximate surface area is 85.4 Å². The molecule has 0 aromatic rings. The summed E-state index contributed by atoms with van der Waals surface area (Å²) in [6.07, 6.45) is -4.20. The highest BCUT2D eigenvalue weighted by Crippen LogP contribution is 2.19. The Morgan fingerprint density at radius 3 is 2.53 bits per heavy atom. The van der Waals surface area contributed by atoms with Crippen LogP contribution in [-0.4, -0.2) is 54.1 Å². The molecule has 0 bridgehead atoms. The van der Waals surface area contributed by atoms with Gasteiger partial charge in [0.25, 0.3) is 0 Å². The first-order valence-corrected chi connectivity index (χ1v) is 5.34. The second kappa shape index (κ2) is 4.41. The van der Waals surface area contributed by atoms with Gasteiger partial charge in [-0.05, 0) is 0 Å². The molecule has 3 atom stereocenters. The van der Waals surface area contributed by atoms with Crippen molar-refractivity contribution in [2.24, 2.45) is 0 Å². The highest BCUT2D eigenvalue weighted by atomic mass is 32.3.